The highest BCUT2D eigenvalue weighted by Gasteiger charge is 2.30. The van der Waals surface area contributed by atoms with Gasteiger partial charge in [0.25, 0.3) is 0 Å². The second-order valence-electron chi connectivity index (χ2n) is 5.82. The fourth-order valence-electron chi connectivity index (χ4n) is 2.27. The van der Waals surface area contributed by atoms with Crippen LogP contribution in [0.3, 0.4) is 0 Å². The summed E-state index contributed by atoms with van der Waals surface area (Å²) in [5.74, 6) is 0.0780. The monoisotopic (exact) mass is 458 g/mol. The Balaban J connectivity index is 1.49. The van der Waals surface area contributed by atoms with Crippen molar-refractivity contribution in [2.45, 2.75) is 22.9 Å². The summed E-state index contributed by atoms with van der Waals surface area (Å²) in [7, 11) is 0. The van der Waals surface area contributed by atoms with Crippen molar-refractivity contribution in [3.63, 3.8) is 0 Å². The quantitative estimate of drug-likeness (QED) is 0.430. The molecular formula is C19H14ClF3N2O2S2. The van der Waals surface area contributed by atoms with Crippen LogP contribution < -0.4 is 10.1 Å². The van der Waals surface area contributed by atoms with Crippen molar-refractivity contribution >= 4 is 46.3 Å². The number of hydrogen-bond acceptors (Lipinski definition) is 5. The summed E-state index contributed by atoms with van der Waals surface area (Å²) in [4.78, 5) is 16.6. The van der Waals surface area contributed by atoms with E-state index < -0.39 is 6.36 Å². The number of benzene rings is 2. The first-order valence-corrected chi connectivity index (χ1v) is 10.5. The number of nitrogens with one attached hydrogen (secondary N) is 1. The molecule has 0 saturated heterocycles. The van der Waals surface area contributed by atoms with Crippen molar-refractivity contribution in [2.75, 3.05) is 5.32 Å². The molecule has 0 aliphatic rings. The van der Waals surface area contributed by atoms with Crippen molar-refractivity contribution < 1.29 is 22.7 Å². The molecule has 1 amide bonds. The first-order valence-electron chi connectivity index (χ1n) is 8.24. The highest BCUT2D eigenvalue weighted by molar-refractivity contribution is 8.00. The van der Waals surface area contributed by atoms with Crippen LogP contribution in [0.25, 0.3) is 0 Å². The van der Waals surface area contributed by atoms with Gasteiger partial charge in [-0.3, -0.25) is 4.79 Å². The third kappa shape index (κ3) is 7.26. The molecule has 1 aromatic heterocycles. The van der Waals surface area contributed by atoms with Gasteiger partial charge in [-0.05, 0) is 42.0 Å². The normalized spacial score (nSPS) is 11.3. The zero-order valence-electron chi connectivity index (χ0n) is 14.7. The first kappa shape index (κ1) is 21.5. The first-order chi connectivity index (χ1) is 13.8. The van der Waals surface area contributed by atoms with Crippen LogP contribution >= 0.6 is 34.7 Å². The van der Waals surface area contributed by atoms with Crippen molar-refractivity contribution in [3.8, 4) is 5.75 Å². The van der Waals surface area contributed by atoms with E-state index in [4.69, 9.17) is 11.6 Å². The molecule has 0 fully saturated rings. The molecule has 29 heavy (non-hydrogen) atoms. The average Bonchev–Trinajstić information content (AvgIpc) is 3.09. The summed E-state index contributed by atoms with van der Waals surface area (Å²) in [5, 5.41) is 5.12. The number of alkyl halides is 3. The van der Waals surface area contributed by atoms with Gasteiger partial charge in [-0.15, -0.1) is 24.5 Å². The Hall–Kier alpha value is -2.23. The summed E-state index contributed by atoms with van der Waals surface area (Å²) in [6.07, 6.45) is -4.68. The third-order valence-corrected chi connectivity index (χ3v) is 5.91. The Kier molecular flexibility index (Phi) is 7.05. The van der Waals surface area contributed by atoms with Gasteiger partial charge in [-0.25, -0.2) is 4.98 Å². The van der Waals surface area contributed by atoms with Crippen molar-refractivity contribution in [1.82, 2.24) is 4.98 Å². The van der Waals surface area contributed by atoms with Crippen molar-refractivity contribution in [1.29, 1.82) is 0 Å². The fraction of sp³-hybridized carbons (Fsp3) is 0.158. The van der Waals surface area contributed by atoms with E-state index in [-0.39, 0.29) is 18.1 Å². The molecule has 0 bridgehead atoms. The van der Waals surface area contributed by atoms with Crippen LogP contribution in [0, 0.1) is 0 Å². The van der Waals surface area contributed by atoms with E-state index in [2.05, 4.69) is 15.0 Å². The summed E-state index contributed by atoms with van der Waals surface area (Å²) in [5.41, 5.74) is 2.12. The minimum Gasteiger partial charge on any atom is -0.406 e. The zero-order valence-corrected chi connectivity index (χ0v) is 17.1. The number of ether oxygens (including phenoxy) is 1. The Morgan fingerprint density at radius 3 is 2.48 bits per heavy atom. The van der Waals surface area contributed by atoms with Gasteiger partial charge >= 0.3 is 6.36 Å². The molecule has 152 valence electrons. The van der Waals surface area contributed by atoms with Crippen LogP contribution in [0.4, 0.5) is 18.9 Å². The Labute approximate surface area is 178 Å². The third-order valence-electron chi connectivity index (χ3n) is 3.52. The number of thiazole rings is 1. The van der Waals surface area contributed by atoms with Gasteiger partial charge < -0.3 is 10.1 Å². The van der Waals surface area contributed by atoms with Gasteiger partial charge in [0.15, 0.2) is 0 Å². The largest absolute Gasteiger partial charge is 0.573 e. The summed E-state index contributed by atoms with van der Waals surface area (Å²) >= 11 is 8.88. The minimum atomic E-state index is -4.75. The maximum absolute atomic E-state index is 12.2. The van der Waals surface area contributed by atoms with Crippen LogP contribution in [-0.2, 0) is 17.0 Å². The zero-order chi connectivity index (χ0) is 20.9. The molecule has 2 aromatic carbocycles. The van der Waals surface area contributed by atoms with Gasteiger partial charge in [0.2, 0.25) is 5.91 Å². The highest BCUT2D eigenvalue weighted by Crippen LogP contribution is 2.27. The lowest BCUT2D eigenvalue weighted by Crippen LogP contribution is -2.17. The van der Waals surface area contributed by atoms with Gasteiger partial charge in [-0.2, -0.15) is 0 Å². The number of carbonyl (C=O) groups is 1. The van der Waals surface area contributed by atoms with Crippen LogP contribution in [0.2, 0.25) is 5.02 Å². The van der Waals surface area contributed by atoms with E-state index in [0.717, 1.165) is 27.8 Å². The van der Waals surface area contributed by atoms with Gasteiger partial charge in [0.1, 0.15) is 10.1 Å². The van der Waals surface area contributed by atoms with Gasteiger partial charge in [0.05, 0.1) is 12.1 Å². The number of amides is 1. The molecule has 1 N–H and O–H groups in total. The molecule has 1 heterocycles. The molecule has 3 rings (SSSR count). The van der Waals surface area contributed by atoms with E-state index in [9.17, 15) is 18.0 Å². The van der Waals surface area contributed by atoms with Gasteiger partial charge in [-0.1, -0.05) is 35.5 Å². The molecule has 0 aliphatic carbocycles. The molecular weight excluding hydrogens is 445 g/mol. The fourth-order valence-corrected chi connectivity index (χ4v) is 4.20. The number of carbonyl (C=O) groups excluding carboxylic acids is 1. The predicted octanol–water partition coefficient (Wildman–Crippen LogP) is 6.17. The van der Waals surface area contributed by atoms with E-state index in [1.165, 1.54) is 23.5 Å². The Bertz CT molecular complexity index is 961. The Morgan fingerprint density at radius 2 is 1.83 bits per heavy atom. The number of aromatic nitrogens is 1. The minimum absolute atomic E-state index is 0.0683. The second kappa shape index (κ2) is 9.51. The summed E-state index contributed by atoms with van der Waals surface area (Å²) in [6.45, 7) is 0. The lowest BCUT2D eigenvalue weighted by Gasteiger charge is -2.09. The van der Waals surface area contributed by atoms with E-state index in [1.54, 1.807) is 11.8 Å². The van der Waals surface area contributed by atoms with E-state index in [1.807, 2.05) is 29.6 Å². The maximum atomic E-state index is 12.2. The van der Waals surface area contributed by atoms with Crippen LogP contribution in [0.15, 0.2) is 58.3 Å². The van der Waals surface area contributed by atoms with Crippen LogP contribution in [0.5, 0.6) is 5.75 Å². The SMILES string of the molecule is O=C(Cc1csc(SCc2ccc(Cl)cc2)n1)Nc1ccc(OC(F)(F)F)cc1. The molecule has 0 saturated carbocycles. The molecule has 0 unspecified atom stereocenters. The lowest BCUT2D eigenvalue weighted by atomic mass is 10.2. The van der Waals surface area contributed by atoms with Crippen LogP contribution in [-0.4, -0.2) is 17.3 Å². The van der Waals surface area contributed by atoms with E-state index in [0.29, 0.717) is 16.4 Å². The molecule has 0 spiro atoms. The molecule has 4 nitrogen and oxygen atoms in total. The predicted molar refractivity (Wildman–Crippen MR) is 109 cm³/mol. The number of hydrogen-bond donors (Lipinski definition) is 1. The number of thioether (sulfide) groups is 1. The molecule has 0 atom stereocenters. The van der Waals surface area contributed by atoms with E-state index >= 15 is 0 Å². The number of halogens is 4. The summed E-state index contributed by atoms with van der Waals surface area (Å²) in [6, 6.07) is 12.5. The highest BCUT2D eigenvalue weighted by atomic mass is 35.5. The van der Waals surface area contributed by atoms with Crippen molar-refractivity contribution in [2.24, 2.45) is 0 Å². The Morgan fingerprint density at radius 1 is 1.14 bits per heavy atom. The van der Waals surface area contributed by atoms with Crippen LogP contribution in [0.1, 0.15) is 11.3 Å². The smallest absolute Gasteiger partial charge is 0.406 e. The number of rotatable bonds is 7. The van der Waals surface area contributed by atoms with Gasteiger partial charge in [0, 0.05) is 21.8 Å². The average molecular weight is 459 g/mol. The topological polar surface area (TPSA) is 51.2 Å². The molecule has 0 aliphatic heterocycles. The molecule has 0 radical (unpaired) electrons. The summed E-state index contributed by atoms with van der Waals surface area (Å²) < 4.78 is 41.1. The number of anilines is 1. The standard InChI is InChI=1S/C19H14ClF3N2O2S2/c20-13-3-1-12(2-4-13)10-28-18-25-15(11-29-18)9-17(26)24-14-5-7-16(8-6-14)27-19(21,22)23/h1-8,11H,9-10H2,(H,24,26). The second-order valence-corrected chi connectivity index (χ2v) is 8.33. The number of nitrogens with zero attached hydrogens (tertiary/aromatic N) is 1. The maximum Gasteiger partial charge on any atom is 0.573 e. The van der Waals surface area contributed by atoms with Crippen molar-refractivity contribution in [3.05, 3.63) is 70.2 Å². The lowest BCUT2D eigenvalue weighted by molar-refractivity contribution is -0.274. The molecule has 3 aromatic rings. The molecule has 10 heteroatoms.